The predicted molar refractivity (Wildman–Crippen MR) is 74.1 cm³/mol. The molecule has 0 atom stereocenters. The molecule has 90 valence electrons. The maximum absolute atomic E-state index is 7.39. The highest BCUT2D eigenvalue weighted by atomic mass is 14.8. The molecule has 0 bridgehead atoms. The minimum Gasteiger partial charge on any atom is -0.402 e. The lowest BCUT2D eigenvalue weighted by atomic mass is 9.98. The number of aliphatic imine (C=N–C) groups is 1. The van der Waals surface area contributed by atoms with E-state index in [2.05, 4.69) is 4.99 Å². The summed E-state index contributed by atoms with van der Waals surface area (Å²) in [5, 5.41) is 7.39. The van der Waals surface area contributed by atoms with E-state index >= 15 is 0 Å². The van der Waals surface area contributed by atoms with Gasteiger partial charge in [0.1, 0.15) is 5.84 Å². The molecule has 0 aliphatic heterocycles. The van der Waals surface area contributed by atoms with Gasteiger partial charge in [0.2, 0.25) is 0 Å². The molecule has 1 aromatic carbocycles. The lowest BCUT2D eigenvalue weighted by Crippen LogP contribution is -2.09. The molecule has 0 saturated heterocycles. The summed E-state index contributed by atoms with van der Waals surface area (Å²) in [7, 11) is 0. The quantitative estimate of drug-likeness (QED) is 0.414. The number of hydrogen-bond donors (Lipinski definition) is 3. The molecule has 0 unspecified atom stereocenters. The highest BCUT2D eigenvalue weighted by Crippen LogP contribution is 2.24. The van der Waals surface area contributed by atoms with Gasteiger partial charge < -0.3 is 11.5 Å². The average molecular weight is 230 g/mol. The highest BCUT2D eigenvalue weighted by Gasteiger charge is 2.11. The number of para-hydroxylation sites is 1. The lowest BCUT2D eigenvalue weighted by molar-refractivity contribution is 1.32. The predicted octanol–water partition coefficient (Wildman–Crippen LogP) is 2.42. The molecule has 1 rings (SSSR count). The number of nitrogens with zero attached hydrogens (tertiary/aromatic N) is 1. The van der Waals surface area contributed by atoms with Crippen LogP contribution in [0.5, 0.6) is 0 Å². The molecule has 0 saturated carbocycles. The Bertz CT molecular complexity index is 494. The van der Waals surface area contributed by atoms with Crippen molar-refractivity contribution in [2.75, 3.05) is 5.73 Å². The fourth-order valence-electron chi connectivity index (χ4n) is 1.72. The van der Waals surface area contributed by atoms with Crippen LogP contribution in [0.3, 0.4) is 0 Å². The van der Waals surface area contributed by atoms with E-state index in [1.54, 1.807) is 13.8 Å². The largest absolute Gasteiger partial charge is 0.402 e. The summed E-state index contributed by atoms with van der Waals surface area (Å²) in [5.41, 5.74) is 15.5. The van der Waals surface area contributed by atoms with Gasteiger partial charge in [0, 0.05) is 28.2 Å². The van der Waals surface area contributed by atoms with Crippen molar-refractivity contribution in [3.05, 3.63) is 35.5 Å². The van der Waals surface area contributed by atoms with Crippen LogP contribution in [0.4, 0.5) is 5.69 Å². The van der Waals surface area contributed by atoms with E-state index in [1.807, 2.05) is 31.2 Å². The third-order valence-electron chi connectivity index (χ3n) is 2.32. The van der Waals surface area contributed by atoms with Crippen molar-refractivity contribution in [1.82, 2.24) is 0 Å². The second-order valence-corrected chi connectivity index (χ2v) is 3.93. The molecule has 0 aliphatic carbocycles. The molecule has 5 N–H and O–H groups in total. The average Bonchev–Trinajstić information content (AvgIpc) is 2.19. The zero-order valence-corrected chi connectivity index (χ0v) is 10.4. The van der Waals surface area contributed by atoms with Crippen molar-refractivity contribution < 1.29 is 0 Å². The number of nitrogens with two attached hydrogens (primary N) is 2. The van der Waals surface area contributed by atoms with Crippen LogP contribution in [-0.4, -0.2) is 11.5 Å². The van der Waals surface area contributed by atoms with Crippen LogP contribution in [0.25, 0.3) is 5.57 Å². The second-order valence-electron chi connectivity index (χ2n) is 3.93. The number of rotatable bonds is 2. The third kappa shape index (κ3) is 3.17. The standard InChI is InChI=1S/C13H18N4/c1-8(14)13(9(2)17-10(3)15)11-6-4-5-7-12(11)16/h4-7,15H,14,16H2,1-3H3. The summed E-state index contributed by atoms with van der Waals surface area (Å²) in [5.74, 6) is 0.246. The van der Waals surface area contributed by atoms with Gasteiger partial charge >= 0.3 is 0 Å². The Hall–Kier alpha value is -2.10. The van der Waals surface area contributed by atoms with Gasteiger partial charge in [-0.3, -0.25) is 5.41 Å². The number of allylic oxidation sites excluding steroid dienone is 2. The van der Waals surface area contributed by atoms with Crippen LogP contribution in [0.15, 0.2) is 35.0 Å². The van der Waals surface area contributed by atoms with E-state index in [4.69, 9.17) is 16.9 Å². The molecular formula is C13H18N4. The molecule has 4 nitrogen and oxygen atoms in total. The number of amidine groups is 1. The Morgan fingerprint density at radius 3 is 2.24 bits per heavy atom. The highest BCUT2D eigenvalue weighted by molar-refractivity contribution is 6.26. The minimum absolute atomic E-state index is 0.246. The number of nitrogens with one attached hydrogen (secondary N) is 1. The van der Waals surface area contributed by atoms with Crippen LogP contribution in [0, 0.1) is 5.41 Å². The first-order chi connectivity index (χ1) is 7.93. The summed E-state index contributed by atoms with van der Waals surface area (Å²) in [4.78, 5) is 4.12. The maximum Gasteiger partial charge on any atom is 0.117 e. The van der Waals surface area contributed by atoms with Gasteiger partial charge in [-0.05, 0) is 26.8 Å². The summed E-state index contributed by atoms with van der Waals surface area (Å²) in [6, 6.07) is 7.50. The summed E-state index contributed by atoms with van der Waals surface area (Å²) < 4.78 is 0. The Balaban J connectivity index is 3.37. The van der Waals surface area contributed by atoms with Gasteiger partial charge in [-0.2, -0.15) is 0 Å². The van der Waals surface area contributed by atoms with Gasteiger partial charge in [0.15, 0.2) is 0 Å². The Morgan fingerprint density at radius 1 is 1.18 bits per heavy atom. The summed E-state index contributed by atoms with van der Waals surface area (Å²) in [6.07, 6.45) is 0. The molecule has 0 aromatic heterocycles. The topological polar surface area (TPSA) is 88.2 Å². The zero-order chi connectivity index (χ0) is 13.0. The molecule has 0 amide bonds. The number of hydrogen-bond acceptors (Lipinski definition) is 3. The zero-order valence-electron chi connectivity index (χ0n) is 10.4. The first-order valence-electron chi connectivity index (χ1n) is 5.35. The summed E-state index contributed by atoms with van der Waals surface area (Å²) >= 11 is 0. The molecule has 1 aromatic rings. The monoisotopic (exact) mass is 230 g/mol. The van der Waals surface area contributed by atoms with Crippen LogP contribution >= 0.6 is 0 Å². The number of benzene rings is 1. The smallest absolute Gasteiger partial charge is 0.117 e. The van der Waals surface area contributed by atoms with Crippen molar-refractivity contribution in [3.8, 4) is 0 Å². The van der Waals surface area contributed by atoms with Gasteiger partial charge in [-0.15, -0.1) is 0 Å². The summed E-state index contributed by atoms with van der Waals surface area (Å²) in [6.45, 7) is 5.26. The van der Waals surface area contributed by atoms with Crippen molar-refractivity contribution in [1.29, 1.82) is 5.41 Å². The van der Waals surface area contributed by atoms with E-state index in [-0.39, 0.29) is 5.84 Å². The number of nitrogen functional groups attached to an aromatic ring is 1. The SMILES string of the molecule is CC(=N)N=C(C)C(=C(C)N)c1ccccc1N. The Kier molecular flexibility index (Phi) is 4.04. The van der Waals surface area contributed by atoms with Crippen molar-refractivity contribution >= 4 is 22.8 Å². The minimum atomic E-state index is 0.246. The molecular weight excluding hydrogens is 212 g/mol. The van der Waals surface area contributed by atoms with Crippen LogP contribution in [-0.2, 0) is 0 Å². The van der Waals surface area contributed by atoms with Crippen LogP contribution in [0.2, 0.25) is 0 Å². The van der Waals surface area contributed by atoms with E-state index in [9.17, 15) is 0 Å². The van der Waals surface area contributed by atoms with Gasteiger partial charge in [-0.1, -0.05) is 18.2 Å². The van der Waals surface area contributed by atoms with Crippen LogP contribution < -0.4 is 11.5 Å². The molecule has 0 heterocycles. The number of anilines is 1. The Morgan fingerprint density at radius 2 is 1.76 bits per heavy atom. The van der Waals surface area contributed by atoms with Crippen molar-refractivity contribution in [2.45, 2.75) is 20.8 Å². The van der Waals surface area contributed by atoms with Gasteiger partial charge in [0.05, 0.1) is 0 Å². The first kappa shape index (κ1) is 13.0. The van der Waals surface area contributed by atoms with Gasteiger partial charge in [-0.25, -0.2) is 4.99 Å². The maximum atomic E-state index is 7.39. The van der Waals surface area contributed by atoms with E-state index in [0.29, 0.717) is 17.1 Å². The molecule has 0 spiro atoms. The normalized spacial score (nSPS) is 13.2. The lowest BCUT2D eigenvalue weighted by Gasteiger charge is -2.12. The molecule has 0 fully saturated rings. The second kappa shape index (κ2) is 5.30. The third-order valence-corrected chi connectivity index (χ3v) is 2.32. The van der Waals surface area contributed by atoms with Gasteiger partial charge in [0.25, 0.3) is 0 Å². The molecule has 0 radical (unpaired) electrons. The molecule has 17 heavy (non-hydrogen) atoms. The van der Waals surface area contributed by atoms with Crippen LogP contribution in [0.1, 0.15) is 26.3 Å². The Labute approximate surface area is 102 Å². The fraction of sp³-hybridized carbons (Fsp3) is 0.231. The fourth-order valence-corrected chi connectivity index (χ4v) is 1.72. The molecule has 4 heteroatoms. The van der Waals surface area contributed by atoms with E-state index < -0.39 is 0 Å². The van der Waals surface area contributed by atoms with Crippen molar-refractivity contribution in [3.63, 3.8) is 0 Å². The van der Waals surface area contributed by atoms with E-state index in [1.165, 1.54) is 0 Å². The van der Waals surface area contributed by atoms with E-state index in [0.717, 1.165) is 11.1 Å². The molecule has 0 aliphatic rings. The van der Waals surface area contributed by atoms with Crippen molar-refractivity contribution in [2.24, 2.45) is 10.7 Å². The first-order valence-corrected chi connectivity index (χ1v) is 5.35.